The lowest BCUT2D eigenvalue weighted by molar-refractivity contribution is -0.0547. The minimum atomic E-state index is -2.78. The van der Waals surface area contributed by atoms with E-state index < -0.39 is 18.0 Å². The summed E-state index contributed by atoms with van der Waals surface area (Å²) in [7, 11) is 0. The zero-order valence-corrected chi connectivity index (χ0v) is 18.2. The molecule has 2 aliphatic rings. The molecule has 8 nitrogen and oxygen atoms in total. The van der Waals surface area contributed by atoms with Gasteiger partial charge in [0, 0.05) is 37.7 Å². The number of nitrogens with zero attached hydrogens (tertiary/aromatic N) is 6. The molecule has 1 spiro atoms. The maximum Gasteiger partial charge on any atom is 0.284 e. The topological polar surface area (TPSA) is 80.3 Å². The smallest absolute Gasteiger partial charge is 0.284 e. The molecule has 1 amide bonds. The molecule has 5 rings (SSSR count). The second-order valence-corrected chi connectivity index (χ2v) is 9.34. The van der Waals surface area contributed by atoms with Gasteiger partial charge in [-0.1, -0.05) is 0 Å². The molecule has 0 radical (unpaired) electrons. The van der Waals surface area contributed by atoms with Crippen molar-refractivity contribution >= 4 is 17.2 Å². The summed E-state index contributed by atoms with van der Waals surface area (Å²) in [5, 5.41) is 10.9. The van der Waals surface area contributed by atoms with Crippen LogP contribution in [0.4, 0.5) is 14.5 Å². The van der Waals surface area contributed by atoms with E-state index in [-0.39, 0.29) is 17.3 Å². The van der Waals surface area contributed by atoms with Gasteiger partial charge >= 0.3 is 0 Å². The highest BCUT2D eigenvalue weighted by Gasteiger charge is 2.46. The van der Waals surface area contributed by atoms with Crippen LogP contribution in [0.2, 0.25) is 0 Å². The van der Waals surface area contributed by atoms with E-state index in [0.717, 1.165) is 38.8 Å². The Morgan fingerprint density at radius 2 is 2.00 bits per heavy atom. The van der Waals surface area contributed by atoms with Crippen LogP contribution in [-0.4, -0.2) is 54.3 Å². The summed E-state index contributed by atoms with van der Waals surface area (Å²) in [6.45, 7) is 6.67. The molecule has 1 saturated carbocycles. The molecule has 0 aromatic carbocycles. The largest absolute Gasteiger partial charge is 0.319 e. The fourth-order valence-corrected chi connectivity index (χ4v) is 5.00. The number of nitrogens with one attached hydrogen (secondary N) is 1. The Balaban J connectivity index is 1.31. The average molecular weight is 444 g/mol. The van der Waals surface area contributed by atoms with E-state index in [1.807, 2.05) is 0 Å². The molecule has 10 heteroatoms. The monoisotopic (exact) mass is 443 g/mol. The maximum atomic E-state index is 13.7. The number of anilines is 1. The van der Waals surface area contributed by atoms with E-state index >= 15 is 0 Å². The van der Waals surface area contributed by atoms with Gasteiger partial charge in [0.1, 0.15) is 5.56 Å². The van der Waals surface area contributed by atoms with Crippen molar-refractivity contribution in [3.8, 4) is 0 Å². The SMILES string of the molecule is CC(C)N1CC2(CCC(n3cc(NC(=O)c4cnn5cccnc45)c(C(F)F)n3)CC2)C1. The Labute approximate surface area is 184 Å². The molecule has 3 aromatic heterocycles. The van der Waals surface area contributed by atoms with Crippen LogP contribution in [0.5, 0.6) is 0 Å². The Morgan fingerprint density at radius 3 is 2.69 bits per heavy atom. The molecule has 170 valence electrons. The van der Waals surface area contributed by atoms with E-state index in [9.17, 15) is 13.6 Å². The predicted molar refractivity (Wildman–Crippen MR) is 115 cm³/mol. The number of carbonyl (C=O) groups excluding carboxylic acids is 1. The van der Waals surface area contributed by atoms with Gasteiger partial charge in [-0.25, -0.2) is 18.3 Å². The van der Waals surface area contributed by atoms with Gasteiger partial charge < -0.3 is 5.32 Å². The van der Waals surface area contributed by atoms with Crippen molar-refractivity contribution in [1.82, 2.24) is 29.3 Å². The van der Waals surface area contributed by atoms with Gasteiger partial charge in [0.15, 0.2) is 11.3 Å². The summed E-state index contributed by atoms with van der Waals surface area (Å²) in [6, 6.07) is 2.32. The third-order valence-electron chi connectivity index (χ3n) is 6.94. The summed E-state index contributed by atoms with van der Waals surface area (Å²) < 4.78 is 30.5. The number of amides is 1. The van der Waals surface area contributed by atoms with Crippen molar-refractivity contribution in [2.24, 2.45) is 5.41 Å². The zero-order valence-electron chi connectivity index (χ0n) is 18.2. The van der Waals surface area contributed by atoms with Crippen molar-refractivity contribution in [3.63, 3.8) is 0 Å². The molecule has 2 fully saturated rings. The maximum absolute atomic E-state index is 13.7. The van der Waals surface area contributed by atoms with Gasteiger partial charge in [0.25, 0.3) is 12.3 Å². The molecule has 1 aliphatic heterocycles. The van der Waals surface area contributed by atoms with Crippen LogP contribution in [-0.2, 0) is 0 Å². The first-order chi connectivity index (χ1) is 15.3. The van der Waals surface area contributed by atoms with Crippen molar-refractivity contribution in [2.75, 3.05) is 18.4 Å². The highest BCUT2D eigenvalue weighted by atomic mass is 19.3. The van der Waals surface area contributed by atoms with Gasteiger partial charge in [-0.2, -0.15) is 10.2 Å². The van der Waals surface area contributed by atoms with Gasteiger partial charge in [-0.05, 0) is 51.0 Å². The standard InChI is InChI=1S/C22H27F2N7O/c1-14(2)29-12-22(13-29)6-4-15(5-7-22)31-11-17(18(28-31)19(23)24)27-21(32)16-10-26-30-9-3-8-25-20(16)30/h3,8-11,14-15,19H,4-7,12-13H2,1-2H3,(H,27,32). The fraction of sp³-hybridized carbons (Fsp3) is 0.545. The van der Waals surface area contributed by atoms with Gasteiger partial charge in [0.05, 0.1) is 17.9 Å². The quantitative estimate of drug-likeness (QED) is 0.646. The number of hydrogen-bond donors (Lipinski definition) is 1. The Bertz CT molecular complexity index is 1120. The summed E-state index contributed by atoms with van der Waals surface area (Å²) in [5.74, 6) is -0.536. The van der Waals surface area contributed by atoms with Crippen molar-refractivity contribution in [2.45, 2.75) is 58.0 Å². The van der Waals surface area contributed by atoms with Crippen LogP contribution in [0.3, 0.4) is 0 Å². The second-order valence-electron chi connectivity index (χ2n) is 9.34. The lowest BCUT2D eigenvalue weighted by Crippen LogP contribution is -2.59. The summed E-state index contributed by atoms with van der Waals surface area (Å²) in [5.41, 5.74) is 0.586. The van der Waals surface area contributed by atoms with Gasteiger partial charge in [0.2, 0.25) is 0 Å². The van der Waals surface area contributed by atoms with Gasteiger partial charge in [-0.15, -0.1) is 0 Å². The number of aromatic nitrogens is 5. The van der Waals surface area contributed by atoms with Crippen LogP contribution in [0, 0.1) is 5.41 Å². The second kappa shape index (κ2) is 7.91. The van der Waals surface area contributed by atoms with Crippen LogP contribution >= 0.6 is 0 Å². The van der Waals surface area contributed by atoms with E-state index in [4.69, 9.17) is 0 Å². The summed E-state index contributed by atoms with van der Waals surface area (Å²) >= 11 is 0. The molecule has 0 atom stereocenters. The lowest BCUT2D eigenvalue weighted by Gasteiger charge is -2.55. The molecular weight excluding hydrogens is 416 g/mol. The van der Waals surface area contributed by atoms with E-state index in [2.05, 4.69) is 39.2 Å². The number of fused-ring (bicyclic) bond motifs is 1. The minimum Gasteiger partial charge on any atom is -0.319 e. The number of hydrogen-bond acceptors (Lipinski definition) is 5. The van der Waals surface area contributed by atoms with Crippen molar-refractivity contribution < 1.29 is 13.6 Å². The Hall–Kier alpha value is -2.88. The van der Waals surface area contributed by atoms with E-state index in [1.54, 1.807) is 29.3 Å². The van der Waals surface area contributed by atoms with Crippen LogP contribution < -0.4 is 5.32 Å². The zero-order chi connectivity index (χ0) is 22.5. The molecule has 3 aromatic rings. The number of carbonyl (C=O) groups is 1. The third-order valence-corrected chi connectivity index (χ3v) is 6.94. The summed E-state index contributed by atoms with van der Waals surface area (Å²) in [4.78, 5) is 19.4. The van der Waals surface area contributed by atoms with E-state index in [0.29, 0.717) is 17.1 Å². The molecule has 1 saturated heterocycles. The van der Waals surface area contributed by atoms with Crippen LogP contribution in [0.25, 0.3) is 5.65 Å². The van der Waals surface area contributed by atoms with Crippen LogP contribution in [0.1, 0.15) is 68.0 Å². The fourth-order valence-electron chi connectivity index (χ4n) is 5.00. The minimum absolute atomic E-state index is 0.0372. The first-order valence-corrected chi connectivity index (χ1v) is 11.1. The first-order valence-electron chi connectivity index (χ1n) is 11.1. The van der Waals surface area contributed by atoms with Crippen molar-refractivity contribution in [3.05, 3.63) is 42.1 Å². The number of alkyl halides is 2. The van der Waals surface area contributed by atoms with Gasteiger partial charge in [-0.3, -0.25) is 14.4 Å². The molecule has 0 bridgehead atoms. The molecule has 4 heterocycles. The number of halogens is 2. The van der Waals surface area contributed by atoms with Crippen LogP contribution in [0.15, 0.2) is 30.9 Å². The summed E-state index contributed by atoms with van der Waals surface area (Å²) in [6.07, 6.45) is 7.31. The molecule has 1 aliphatic carbocycles. The predicted octanol–water partition coefficient (Wildman–Crippen LogP) is 3.94. The van der Waals surface area contributed by atoms with E-state index in [1.165, 1.54) is 10.7 Å². The Kier molecular flexibility index (Phi) is 5.19. The number of likely N-dealkylation sites (tertiary alicyclic amines) is 1. The normalized spacial score (nSPS) is 19.2. The molecule has 32 heavy (non-hydrogen) atoms. The molecular formula is C22H27F2N7O. The Morgan fingerprint density at radius 1 is 1.25 bits per heavy atom. The highest BCUT2D eigenvalue weighted by molar-refractivity contribution is 6.08. The number of rotatable bonds is 5. The third kappa shape index (κ3) is 3.66. The molecule has 0 unspecified atom stereocenters. The average Bonchev–Trinajstić information content (AvgIpc) is 3.36. The van der Waals surface area contributed by atoms with Crippen molar-refractivity contribution in [1.29, 1.82) is 0 Å². The highest BCUT2D eigenvalue weighted by Crippen LogP contribution is 2.47. The first kappa shape index (κ1) is 21.0. The lowest BCUT2D eigenvalue weighted by atomic mass is 9.67. The molecule has 1 N–H and O–H groups in total.